The number of rotatable bonds is 6. The number of urea groups is 1. The van der Waals surface area contributed by atoms with Crippen molar-refractivity contribution in [3.63, 3.8) is 0 Å². The van der Waals surface area contributed by atoms with E-state index < -0.39 is 6.03 Å². The van der Waals surface area contributed by atoms with Crippen LogP contribution in [0.2, 0.25) is 5.02 Å². The second-order valence-corrected chi connectivity index (χ2v) is 4.88. The first-order valence-corrected chi connectivity index (χ1v) is 6.37. The van der Waals surface area contributed by atoms with E-state index in [4.69, 9.17) is 22.1 Å². The summed E-state index contributed by atoms with van der Waals surface area (Å²) in [7, 11) is 0. The standard InChI is InChI=1S/C13H18ClN3O2/c1-9(2)5-6-19-12-4-3-11(14)7-10(12)8-16-17-13(15)18/h3-4,7-9H,5-6H2,1-2H3,(H3,15,17,18). The van der Waals surface area contributed by atoms with Crippen LogP contribution in [0, 0.1) is 5.92 Å². The van der Waals surface area contributed by atoms with Crippen LogP contribution in [-0.2, 0) is 0 Å². The molecule has 0 aliphatic heterocycles. The largest absolute Gasteiger partial charge is 0.493 e. The van der Waals surface area contributed by atoms with Gasteiger partial charge in [0.15, 0.2) is 0 Å². The molecule has 0 saturated heterocycles. The number of nitrogens with two attached hydrogens (primary N) is 1. The summed E-state index contributed by atoms with van der Waals surface area (Å²) < 4.78 is 5.67. The first kappa shape index (κ1) is 15.3. The number of hydrogen-bond acceptors (Lipinski definition) is 3. The van der Waals surface area contributed by atoms with Gasteiger partial charge in [-0.15, -0.1) is 0 Å². The topological polar surface area (TPSA) is 76.7 Å². The number of carbonyl (C=O) groups excluding carboxylic acids is 1. The zero-order valence-corrected chi connectivity index (χ0v) is 11.8. The lowest BCUT2D eigenvalue weighted by Crippen LogP contribution is -2.24. The van der Waals surface area contributed by atoms with Crippen molar-refractivity contribution < 1.29 is 9.53 Å². The van der Waals surface area contributed by atoms with Crippen molar-refractivity contribution in [2.75, 3.05) is 6.61 Å². The van der Waals surface area contributed by atoms with Gasteiger partial charge in [-0.2, -0.15) is 5.10 Å². The molecule has 1 rings (SSSR count). The number of amides is 2. The van der Waals surface area contributed by atoms with E-state index in [0.717, 1.165) is 6.42 Å². The normalized spacial score (nSPS) is 10.9. The Labute approximate surface area is 117 Å². The molecule has 1 aromatic carbocycles. The van der Waals surface area contributed by atoms with E-state index in [0.29, 0.717) is 28.9 Å². The van der Waals surface area contributed by atoms with Gasteiger partial charge in [-0.1, -0.05) is 25.4 Å². The third-order valence-electron chi connectivity index (χ3n) is 2.30. The summed E-state index contributed by atoms with van der Waals surface area (Å²) in [4.78, 5) is 10.5. The minimum Gasteiger partial charge on any atom is -0.493 e. The molecule has 0 unspecified atom stereocenters. The molecule has 0 aromatic heterocycles. The van der Waals surface area contributed by atoms with Gasteiger partial charge in [0.2, 0.25) is 0 Å². The Morgan fingerprint density at radius 2 is 2.32 bits per heavy atom. The Kier molecular flexibility index (Phi) is 6.15. The highest BCUT2D eigenvalue weighted by Gasteiger charge is 2.04. The molecule has 19 heavy (non-hydrogen) atoms. The molecule has 2 amide bonds. The fourth-order valence-electron chi connectivity index (χ4n) is 1.32. The second-order valence-electron chi connectivity index (χ2n) is 4.45. The summed E-state index contributed by atoms with van der Waals surface area (Å²) in [5.41, 5.74) is 7.73. The molecule has 0 aliphatic rings. The number of ether oxygens (including phenoxy) is 1. The zero-order valence-electron chi connectivity index (χ0n) is 11.0. The number of primary amides is 1. The lowest BCUT2D eigenvalue weighted by Gasteiger charge is -2.10. The number of nitrogens with one attached hydrogen (secondary N) is 1. The Balaban J connectivity index is 2.73. The van der Waals surface area contributed by atoms with Gasteiger partial charge in [0.1, 0.15) is 5.75 Å². The van der Waals surface area contributed by atoms with E-state index in [1.54, 1.807) is 18.2 Å². The first-order chi connectivity index (χ1) is 8.99. The highest BCUT2D eigenvalue weighted by molar-refractivity contribution is 6.30. The summed E-state index contributed by atoms with van der Waals surface area (Å²) in [6, 6.07) is 4.50. The minimum absolute atomic E-state index is 0.566. The maximum atomic E-state index is 10.5. The lowest BCUT2D eigenvalue weighted by molar-refractivity contribution is 0.249. The van der Waals surface area contributed by atoms with Gasteiger partial charge >= 0.3 is 6.03 Å². The summed E-state index contributed by atoms with van der Waals surface area (Å²) in [6.45, 7) is 4.87. The fraction of sp³-hybridized carbons (Fsp3) is 0.385. The molecule has 0 saturated carbocycles. The van der Waals surface area contributed by atoms with Gasteiger partial charge in [0.25, 0.3) is 0 Å². The second kappa shape index (κ2) is 7.63. The van der Waals surface area contributed by atoms with Crippen LogP contribution in [0.25, 0.3) is 0 Å². The summed E-state index contributed by atoms with van der Waals surface area (Å²) in [5.74, 6) is 1.24. The molecule has 1 aromatic rings. The predicted octanol–water partition coefficient (Wildman–Crippen LogP) is 2.77. The van der Waals surface area contributed by atoms with Crippen molar-refractivity contribution >= 4 is 23.8 Å². The van der Waals surface area contributed by atoms with Crippen molar-refractivity contribution in [1.29, 1.82) is 0 Å². The third-order valence-corrected chi connectivity index (χ3v) is 2.54. The smallest absolute Gasteiger partial charge is 0.332 e. The van der Waals surface area contributed by atoms with Crippen LogP contribution in [0.3, 0.4) is 0 Å². The summed E-state index contributed by atoms with van der Waals surface area (Å²) in [5, 5.41) is 4.26. The average molecular weight is 284 g/mol. The molecule has 3 N–H and O–H groups in total. The summed E-state index contributed by atoms with van der Waals surface area (Å²) >= 11 is 5.91. The maximum absolute atomic E-state index is 10.5. The molecule has 0 spiro atoms. The van der Waals surface area contributed by atoms with Crippen LogP contribution in [0.1, 0.15) is 25.8 Å². The maximum Gasteiger partial charge on any atom is 0.332 e. The Hall–Kier alpha value is -1.75. The quantitative estimate of drug-likeness (QED) is 0.622. The number of nitrogens with zero attached hydrogens (tertiary/aromatic N) is 1. The van der Waals surface area contributed by atoms with Crippen LogP contribution in [-0.4, -0.2) is 18.9 Å². The SMILES string of the molecule is CC(C)CCOc1ccc(Cl)cc1C=NNC(N)=O. The number of carbonyl (C=O) groups is 1. The van der Waals surface area contributed by atoms with Crippen LogP contribution >= 0.6 is 11.6 Å². The molecule has 0 fully saturated rings. The van der Waals surface area contributed by atoms with Gasteiger partial charge in [0.05, 0.1) is 12.8 Å². The minimum atomic E-state index is -0.722. The third kappa shape index (κ3) is 6.10. The van der Waals surface area contributed by atoms with Crippen molar-refractivity contribution in [3.05, 3.63) is 28.8 Å². The van der Waals surface area contributed by atoms with E-state index >= 15 is 0 Å². The van der Waals surface area contributed by atoms with Crippen molar-refractivity contribution in [2.24, 2.45) is 16.8 Å². The molecule has 0 heterocycles. The molecular formula is C13H18ClN3O2. The highest BCUT2D eigenvalue weighted by atomic mass is 35.5. The lowest BCUT2D eigenvalue weighted by atomic mass is 10.1. The van der Waals surface area contributed by atoms with Crippen molar-refractivity contribution in [1.82, 2.24) is 5.43 Å². The molecule has 6 heteroatoms. The van der Waals surface area contributed by atoms with Crippen LogP contribution in [0.15, 0.2) is 23.3 Å². The predicted molar refractivity (Wildman–Crippen MR) is 76.7 cm³/mol. The average Bonchev–Trinajstić information content (AvgIpc) is 2.31. The molecule has 104 valence electrons. The van der Waals surface area contributed by atoms with Crippen molar-refractivity contribution in [2.45, 2.75) is 20.3 Å². The van der Waals surface area contributed by atoms with Gasteiger partial charge in [0, 0.05) is 10.6 Å². The van der Waals surface area contributed by atoms with Gasteiger partial charge in [-0.3, -0.25) is 0 Å². The number of hydrogen-bond donors (Lipinski definition) is 2. The van der Waals surface area contributed by atoms with Gasteiger partial charge < -0.3 is 10.5 Å². The monoisotopic (exact) mass is 283 g/mol. The van der Waals surface area contributed by atoms with Crippen LogP contribution < -0.4 is 15.9 Å². The number of benzene rings is 1. The molecule has 0 bridgehead atoms. The molecular weight excluding hydrogens is 266 g/mol. The number of halogens is 1. The Bertz CT molecular complexity index is 461. The van der Waals surface area contributed by atoms with Crippen LogP contribution in [0.5, 0.6) is 5.75 Å². The van der Waals surface area contributed by atoms with E-state index in [2.05, 4.69) is 24.4 Å². The van der Waals surface area contributed by atoms with Gasteiger partial charge in [-0.05, 0) is 30.5 Å². The van der Waals surface area contributed by atoms with E-state index in [1.807, 2.05) is 0 Å². The van der Waals surface area contributed by atoms with E-state index in [-0.39, 0.29) is 0 Å². The fourth-order valence-corrected chi connectivity index (χ4v) is 1.50. The highest BCUT2D eigenvalue weighted by Crippen LogP contribution is 2.21. The zero-order chi connectivity index (χ0) is 14.3. The Morgan fingerprint density at radius 1 is 1.58 bits per heavy atom. The molecule has 0 atom stereocenters. The van der Waals surface area contributed by atoms with Gasteiger partial charge in [-0.25, -0.2) is 10.2 Å². The molecule has 0 radical (unpaired) electrons. The van der Waals surface area contributed by atoms with E-state index in [9.17, 15) is 4.79 Å². The van der Waals surface area contributed by atoms with Crippen LogP contribution in [0.4, 0.5) is 4.79 Å². The summed E-state index contributed by atoms with van der Waals surface area (Å²) in [6.07, 6.45) is 2.40. The molecule has 5 nitrogen and oxygen atoms in total. The molecule has 0 aliphatic carbocycles. The number of hydrazone groups is 1. The Morgan fingerprint density at radius 3 is 2.95 bits per heavy atom. The first-order valence-electron chi connectivity index (χ1n) is 6.00. The van der Waals surface area contributed by atoms with Crippen molar-refractivity contribution in [3.8, 4) is 5.75 Å². The van der Waals surface area contributed by atoms with E-state index in [1.165, 1.54) is 6.21 Å².